The molecule has 116 valence electrons. The number of carbonyl (C=O) groups is 2. The van der Waals surface area contributed by atoms with Gasteiger partial charge in [0.25, 0.3) is 0 Å². The van der Waals surface area contributed by atoms with Crippen LogP contribution < -0.4 is 5.32 Å². The molecule has 1 atom stereocenters. The number of carboxylic acid groups (broad SMARTS) is 1. The third-order valence-electron chi connectivity index (χ3n) is 3.48. The van der Waals surface area contributed by atoms with Gasteiger partial charge in [0.05, 0.1) is 6.61 Å². The van der Waals surface area contributed by atoms with Crippen molar-refractivity contribution in [2.75, 3.05) is 33.4 Å². The lowest BCUT2D eigenvalue weighted by Gasteiger charge is -2.27. The van der Waals surface area contributed by atoms with Crippen molar-refractivity contribution in [3.63, 3.8) is 0 Å². The minimum Gasteiger partial charge on any atom is -0.481 e. The molecule has 6 nitrogen and oxygen atoms in total. The second-order valence-electron chi connectivity index (χ2n) is 5.40. The van der Waals surface area contributed by atoms with Crippen LogP contribution in [0.2, 0.25) is 0 Å². The molecule has 1 heterocycles. The maximum atomic E-state index is 11.8. The van der Waals surface area contributed by atoms with Crippen LogP contribution >= 0.6 is 0 Å². The summed E-state index contributed by atoms with van der Waals surface area (Å²) in [6.07, 6.45) is 4.71. The molecular formula is C14H26N2O4. The Bertz CT molecular complexity index is 304. The summed E-state index contributed by atoms with van der Waals surface area (Å²) in [5.41, 5.74) is 0. The van der Waals surface area contributed by atoms with Crippen molar-refractivity contribution in [2.24, 2.45) is 5.92 Å². The van der Waals surface area contributed by atoms with E-state index in [2.05, 4.69) is 5.32 Å². The number of carboxylic acids is 1. The Balaban J connectivity index is 2.04. The number of urea groups is 1. The first-order chi connectivity index (χ1) is 9.59. The molecule has 0 aromatic heterocycles. The number of rotatable bonds is 8. The van der Waals surface area contributed by atoms with Gasteiger partial charge in [-0.15, -0.1) is 0 Å². The van der Waals surface area contributed by atoms with Crippen LogP contribution in [0.25, 0.3) is 0 Å². The summed E-state index contributed by atoms with van der Waals surface area (Å²) < 4.78 is 5.40. The van der Waals surface area contributed by atoms with Crippen LogP contribution in [0.1, 0.15) is 38.5 Å². The molecule has 1 saturated heterocycles. The van der Waals surface area contributed by atoms with E-state index in [9.17, 15) is 9.59 Å². The van der Waals surface area contributed by atoms with Gasteiger partial charge >= 0.3 is 12.0 Å². The second-order valence-corrected chi connectivity index (χ2v) is 5.40. The van der Waals surface area contributed by atoms with E-state index in [1.807, 2.05) is 0 Å². The molecule has 0 saturated carbocycles. The molecule has 1 fully saturated rings. The van der Waals surface area contributed by atoms with Crippen molar-refractivity contribution in [1.82, 2.24) is 10.2 Å². The first-order valence-electron chi connectivity index (χ1n) is 7.38. The smallest absolute Gasteiger partial charge is 0.317 e. The fourth-order valence-electron chi connectivity index (χ4n) is 2.33. The van der Waals surface area contributed by atoms with Crippen molar-refractivity contribution in [2.45, 2.75) is 38.5 Å². The Morgan fingerprint density at radius 1 is 1.35 bits per heavy atom. The van der Waals surface area contributed by atoms with E-state index >= 15 is 0 Å². The van der Waals surface area contributed by atoms with Gasteiger partial charge in [-0.1, -0.05) is 6.42 Å². The van der Waals surface area contributed by atoms with Crippen LogP contribution in [0.4, 0.5) is 4.79 Å². The van der Waals surface area contributed by atoms with Gasteiger partial charge in [0.2, 0.25) is 0 Å². The SMILES string of the molecule is CN(CC1CCCOC1)C(=O)NCCCCCC(=O)O. The Kier molecular flexibility index (Phi) is 8.02. The number of unbranched alkanes of at least 4 members (excludes halogenated alkanes) is 2. The number of nitrogens with one attached hydrogen (secondary N) is 1. The minimum atomic E-state index is -0.761. The molecule has 0 radical (unpaired) electrons. The molecule has 1 rings (SSSR count). The van der Waals surface area contributed by atoms with Crippen LogP contribution in [0, 0.1) is 5.92 Å². The standard InChI is InChI=1S/C14H26N2O4/c1-16(10-12-6-5-9-20-11-12)14(19)15-8-4-2-3-7-13(17)18/h12H,2-11H2,1H3,(H,15,19)(H,17,18). The highest BCUT2D eigenvalue weighted by atomic mass is 16.5. The van der Waals surface area contributed by atoms with E-state index < -0.39 is 5.97 Å². The summed E-state index contributed by atoms with van der Waals surface area (Å²) in [7, 11) is 1.80. The summed E-state index contributed by atoms with van der Waals surface area (Å²) >= 11 is 0. The molecule has 0 aromatic rings. The molecule has 1 aliphatic rings. The van der Waals surface area contributed by atoms with Crippen LogP contribution in [0.15, 0.2) is 0 Å². The number of amides is 2. The second kappa shape index (κ2) is 9.58. The van der Waals surface area contributed by atoms with Crippen LogP contribution in [0.5, 0.6) is 0 Å². The van der Waals surface area contributed by atoms with Crippen molar-refractivity contribution in [3.8, 4) is 0 Å². The Morgan fingerprint density at radius 3 is 2.80 bits per heavy atom. The molecule has 1 unspecified atom stereocenters. The first kappa shape index (κ1) is 16.8. The Morgan fingerprint density at radius 2 is 2.15 bits per heavy atom. The number of nitrogens with zero attached hydrogens (tertiary/aromatic N) is 1. The zero-order chi connectivity index (χ0) is 14.8. The molecule has 2 N–H and O–H groups in total. The van der Waals surface area contributed by atoms with Gasteiger partial charge in [-0.05, 0) is 25.7 Å². The van der Waals surface area contributed by atoms with E-state index in [0.717, 1.165) is 45.4 Å². The highest BCUT2D eigenvalue weighted by Gasteiger charge is 2.18. The molecule has 0 aromatic carbocycles. The largest absolute Gasteiger partial charge is 0.481 e. The molecular weight excluding hydrogens is 260 g/mol. The van der Waals surface area contributed by atoms with E-state index in [1.165, 1.54) is 0 Å². The zero-order valence-electron chi connectivity index (χ0n) is 12.3. The summed E-state index contributed by atoms with van der Waals surface area (Å²) in [6.45, 7) is 2.91. The van der Waals surface area contributed by atoms with Gasteiger partial charge < -0.3 is 20.1 Å². The summed E-state index contributed by atoms with van der Waals surface area (Å²) in [5, 5.41) is 11.4. The quantitative estimate of drug-likeness (QED) is 0.666. The van der Waals surface area contributed by atoms with E-state index in [1.54, 1.807) is 11.9 Å². The highest BCUT2D eigenvalue weighted by molar-refractivity contribution is 5.73. The number of carbonyl (C=O) groups excluding carboxylic acids is 1. The fraction of sp³-hybridized carbons (Fsp3) is 0.857. The molecule has 0 bridgehead atoms. The number of hydrogen-bond donors (Lipinski definition) is 2. The average Bonchev–Trinajstić information content (AvgIpc) is 2.43. The maximum absolute atomic E-state index is 11.8. The monoisotopic (exact) mass is 286 g/mol. The highest BCUT2D eigenvalue weighted by Crippen LogP contribution is 2.14. The molecule has 6 heteroatoms. The first-order valence-corrected chi connectivity index (χ1v) is 7.38. The van der Waals surface area contributed by atoms with Gasteiger partial charge in [0.1, 0.15) is 0 Å². The van der Waals surface area contributed by atoms with Gasteiger partial charge in [-0.3, -0.25) is 4.79 Å². The molecule has 0 spiro atoms. The van der Waals surface area contributed by atoms with Crippen LogP contribution in [-0.2, 0) is 9.53 Å². The van der Waals surface area contributed by atoms with Gasteiger partial charge in [-0.25, -0.2) is 4.79 Å². The topological polar surface area (TPSA) is 78.9 Å². The molecule has 2 amide bonds. The average molecular weight is 286 g/mol. The van der Waals surface area contributed by atoms with Crippen molar-refractivity contribution < 1.29 is 19.4 Å². The lowest BCUT2D eigenvalue weighted by Crippen LogP contribution is -2.41. The van der Waals surface area contributed by atoms with Crippen LogP contribution in [-0.4, -0.2) is 55.4 Å². The predicted octanol–water partition coefficient (Wildman–Crippen LogP) is 1.70. The van der Waals surface area contributed by atoms with E-state index in [4.69, 9.17) is 9.84 Å². The zero-order valence-corrected chi connectivity index (χ0v) is 12.3. The van der Waals surface area contributed by atoms with E-state index in [0.29, 0.717) is 18.9 Å². The predicted molar refractivity (Wildman–Crippen MR) is 75.7 cm³/mol. The summed E-state index contributed by atoms with van der Waals surface area (Å²) in [4.78, 5) is 23.9. The third-order valence-corrected chi connectivity index (χ3v) is 3.48. The van der Waals surface area contributed by atoms with Gasteiger partial charge in [-0.2, -0.15) is 0 Å². The van der Waals surface area contributed by atoms with E-state index in [-0.39, 0.29) is 12.5 Å². The fourth-order valence-corrected chi connectivity index (χ4v) is 2.33. The van der Waals surface area contributed by atoms with Crippen LogP contribution in [0.3, 0.4) is 0 Å². The molecule has 1 aliphatic heterocycles. The van der Waals surface area contributed by atoms with Crippen molar-refractivity contribution in [3.05, 3.63) is 0 Å². The maximum Gasteiger partial charge on any atom is 0.317 e. The van der Waals surface area contributed by atoms with Gasteiger partial charge in [0.15, 0.2) is 0 Å². The number of ether oxygens (including phenoxy) is 1. The Hall–Kier alpha value is -1.30. The lowest BCUT2D eigenvalue weighted by molar-refractivity contribution is -0.137. The molecule has 20 heavy (non-hydrogen) atoms. The Labute approximate surface area is 120 Å². The minimum absolute atomic E-state index is 0.0613. The summed E-state index contributed by atoms with van der Waals surface area (Å²) in [5.74, 6) is -0.321. The van der Waals surface area contributed by atoms with Gasteiger partial charge in [0, 0.05) is 39.1 Å². The lowest BCUT2D eigenvalue weighted by atomic mass is 10.0. The van der Waals surface area contributed by atoms with Crippen molar-refractivity contribution in [1.29, 1.82) is 0 Å². The number of aliphatic carboxylic acids is 1. The third kappa shape index (κ3) is 7.33. The van der Waals surface area contributed by atoms with Crippen molar-refractivity contribution >= 4 is 12.0 Å². The number of hydrogen-bond acceptors (Lipinski definition) is 3. The molecule has 0 aliphatic carbocycles. The summed E-state index contributed by atoms with van der Waals surface area (Å²) in [6, 6.07) is -0.0613. The normalized spacial score (nSPS) is 18.6.